The number of fused-ring (bicyclic) bond motifs is 2. The van der Waals surface area contributed by atoms with Crippen LogP contribution < -0.4 is 10.2 Å². The van der Waals surface area contributed by atoms with Gasteiger partial charge in [-0.05, 0) is 54.6 Å². The summed E-state index contributed by atoms with van der Waals surface area (Å²) in [5, 5.41) is 7.18. The maximum Gasteiger partial charge on any atom is 0.252 e. The molecule has 0 spiro atoms. The maximum absolute atomic E-state index is 13.2. The molecule has 1 saturated heterocycles. The van der Waals surface area contributed by atoms with Crippen LogP contribution in [0.15, 0.2) is 60.0 Å². The Morgan fingerprint density at radius 3 is 2.62 bits per heavy atom. The molecule has 1 aliphatic rings. The molecule has 3 aromatic heterocycles. The number of aryl methyl sites for hydroxylation is 2. The van der Waals surface area contributed by atoms with Gasteiger partial charge in [-0.3, -0.25) is 9.69 Å². The summed E-state index contributed by atoms with van der Waals surface area (Å²) in [6.07, 6.45) is 0. The van der Waals surface area contributed by atoms with E-state index in [4.69, 9.17) is 9.97 Å². The first-order valence-electron chi connectivity index (χ1n) is 12.6. The number of benzene rings is 2. The number of aromatic nitrogens is 2. The van der Waals surface area contributed by atoms with E-state index in [1.807, 2.05) is 47.8 Å². The second kappa shape index (κ2) is 10.2. The van der Waals surface area contributed by atoms with E-state index in [9.17, 15) is 4.79 Å². The highest BCUT2D eigenvalue weighted by Crippen LogP contribution is 2.32. The second-order valence-corrected chi connectivity index (χ2v) is 11.5. The molecule has 1 N–H and O–H groups in total. The number of hydrogen-bond donors (Lipinski definition) is 1. The number of nitrogens with one attached hydrogen (secondary N) is 1. The van der Waals surface area contributed by atoms with Gasteiger partial charge in [0.15, 0.2) is 5.13 Å². The molecule has 5 aromatic rings. The minimum absolute atomic E-state index is 0.0461. The highest BCUT2D eigenvalue weighted by atomic mass is 32.1. The lowest BCUT2D eigenvalue weighted by molar-refractivity contribution is 0.0949. The largest absolute Gasteiger partial charge is 0.351 e. The summed E-state index contributed by atoms with van der Waals surface area (Å²) >= 11 is 3.43. The lowest BCUT2D eigenvalue weighted by atomic mass is 10.1. The summed E-state index contributed by atoms with van der Waals surface area (Å²) in [6.45, 7) is 9.57. The zero-order valence-electron chi connectivity index (χ0n) is 21.0. The van der Waals surface area contributed by atoms with Crippen LogP contribution in [0.5, 0.6) is 0 Å². The van der Waals surface area contributed by atoms with Crippen LogP contribution in [0.2, 0.25) is 0 Å². The monoisotopic (exact) mass is 527 g/mol. The third-order valence-electron chi connectivity index (χ3n) is 6.90. The van der Waals surface area contributed by atoms with Gasteiger partial charge in [-0.15, -0.1) is 11.3 Å². The standard InChI is InChI=1S/C29H29N5OS2/c1-19-16-20(2)27-25(17-19)32-29(37-27)34-13-11-33(12-14-34)10-9-30-28(35)22-18-24(26-8-5-15-36-26)31-23-7-4-3-6-21(22)23/h3-8,15-18H,9-14H2,1-2H3,(H,30,35). The summed E-state index contributed by atoms with van der Waals surface area (Å²) in [6, 6.07) is 18.2. The minimum atomic E-state index is -0.0461. The van der Waals surface area contributed by atoms with Gasteiger partial charge in [0.2, 0.25) is 0 Å². The van der Waals surface area contributed by atoms with Gasteiger partial charge in [-0.2, -0.15) is 0 Å². The van der Waals surface area contributed by atoms with Crippen molar-refractivity contribution in [3.8, 4) is 10.6 Å². The predicted octanol–water partition coefficient (Wildman–Crippen LogP) is 5.74. The number of thiophene rings is 1. The Hall–Kier alpha value is -3.33. The fourth-order valence-electron chi connectivity index (χ4n) is 5.00. The van der Waals surface area contributed by atoms with Gasteiger partial charge >= 0.3 is 0 Å². The van der Waals surface area contributed by atoms with Gasteiger partial charge in [0.25, 0.3) is 5.91 Å². The predicted molar refractivity (Wildman–Crippen MR) is 155 cm³/mol. The SMILES string of the molecule is Cc1cc(C)c2sc(N3CCN(CCNC(=O)c4cc(-c5cccs5)nc5ccccc45)CC3)nc2c1. The molecule has 188 valence electrons. The Labute approximate surface area is 224 Å². The number of piperazine rings is 1. The first-order chi connectivity index (χ1) is 18.0. The van der Waals surface area contributed by atoms with Crippen LogP contribution >= 0.6 is 22.7 Å². The highest BCUT2D eigenvalue weighted by Gasteiger charge is 2.21. The molecule has 0 aliphatic carbocycles. The van der Waals surface area contributed by atoms with Crippen molar-refractivity contribution in [3.05, 3.63) is 76.7 Å². The fraction of sp³-hybridized carbons (Fsp3) is 0.276. The Morgan fingerprint density at radius 2 is 1.81 bits per heavy atom. The molecule has 1 aliphatic heterocycles. The Kier molecular flexibility index (Phi) is 6.63. The molecule has 6 nitrogen and oxygen atoms in total. The van der Waals surface area contributed by atoms with E-state index in [-0.39, 0.29) is 5.91 Å². The van der Waals surface area contributed by atoms with Crippen LogP contribution in [-0.4, -0.2) is 60.0 Å². The molecule has 1 amide bonds. The van der Waals surface area contributed by atoms with E-state index in [1.54, 1.807) is 22.7 Å². The number of para-hydroxylation sites is 1. The van der Waals surface area contributed by atoms with Crippen LogP contribution in [0.4, 0.5) is 5.13 Å². The van der Waals surface area contributed by atoms with Gasteiger partial charge in [0, 0.05) is 44.7 Å². The topological polar surface area (TPSA) is 61.4 Å². The van der Waals surface area contributed by atoms with E-state index < -0.39 is 0 Å². The van der Waals surface area contributed by atoms with Crippen molar-refractivity contribution in [3.63, 3.8) is 0 Å². The van der Waals surface area contributed by atoms with Crippen molar-refractivity contribution in [2.24, 2.45) is 0 Å². The quantitative estimate of drug-likeness (QED) is 0.305. The number of anilines is 1. The molecule has 0 bridgehead atoms. The number of rotatable bonds is 6. The molecule has 2 aromatic carbocycles. The summed E-state index contributed by atoms with van der Waals surface area (Å²) < 4.78 is 1.29. The third kappa shape index (κ3) is 4.97. The number of pyridine rings is 1. The van der Waals surface area contributed by atoms with Gasteiger partial charge in [-0.25, -0.2) is 9.97 Å². The van der Waals surface area contributed by atoms with Crippen molar-refractivity contribution in [2.45, 2.75) is 13.8 Å². The highest BCUT2D eigenvalue weighted by molar-refractivity contribution is 7.22. The normalized spacial score (nSPS) is 14.5. The van der Waals surface area contributed by atoms with Gasteiger partial charge in [0.05, 0.1) is 31.9 Å². The zero-order chi connectivity index (χ0) is 25.4. The summed E-state index contributed by atoms with van der Waals surface area (Å²) in [5.74, 6) is -0.0461. The Bertz CT molecular complexity index is 1570. The number of thiazole rings is 1. The van der Waals surface area contributed by atoms with E-state index in [2.05, 4.69) is 41.1 Å². The van der Waals surface area contributed by atoms with Crippen LogP contribution in [0.3, 0.4) is 0 Å². The fourth-order valence-corrected chi connectivity index (χ4v) is 6.75. The number of carbonyl (C=O) groups excluding carboxylic acids is 1. The number of carbonyl (C=O) groups is 1. The van der Waals surface area contributed by atoms with E-state index in [0.29, 0.717) is 12.1 Å². The van der Waals surface area contributed by atoms with Crippen molar-refractivity contribution in [2.75, 3.05) is 44.2 Å². The zero-order valence-corrected chi connectivity index (χ0v) is 22.7. The third-order valence-corrected chi connectivity index (χ3v) is 9.06. The van der Waals surface area contributed by atoms with Crippen molar-refractivity contribution in [1.82, 2.24) is 20.2 Å². The summed E-state index contributed by atoms with van der Waals surface area (Å²) in [5.41, 5.74) is 6.03. The Balaban J connectivity index is 1.07. The number of amides is 1. The van der Waals surface area contributed by atoms with Crippen LogP contribution in [0.1, 0.15) is 21.5 Å². The Morgan fingerprint density at radius 1 is 0.973 bits per heavy atom. The molecule has 4 heterocycles. The second-order valence-electron chi connectivity index (χ2n) is 9.56. The lowest BCUT2D eigenvalue weighted by Crippen LogP contribution is -2.48. The molecule has 6 rings (SSSR count). The van der Waals surface area contributed by atoms with E-state index in [1.165, 1.54) is 15.8 Å². The molecule has 0 radical (unpaired) electrons. The maximum atomic E-state index is 13.2. The molecule has 8 heteroatoms. The number of nitrogens with zero attached hydrogens (tertiary/aromatic N) is 4. The van der Waals surface area contributed by atoms with E-state index in [0.717, 1.165) is 64.8 Å². The van der Waals surface area contributed by atoms with Crippen LogP contribution in [0.25, 0.3) is 31.7 Å². The summed E-state index contributed by atoms with van der Waals surface area (Å²) in [7, 11) is 0. The van der Waals surface area contributed by atoms with Gasteiger partial charge in [0.1, 0.15) is 0 Å². The molecule has 37 heavy (non-hydrogen) atoms. The molecule has 0 atom stereocenters. The molecular formula is C29H29N5OS2. The lowest BCUT2D eigenvalue weighted by Gasteiger charge is -2.34. The number of hydrogen-bond acceptors (Lipinski definition) is 7. The first kappa shape index (κ1) is 24.0. The van der Waals surface area contributed by atoms with Gasteiger partial charge < -0.3 is 10.2 Å². The van der Waals surface area contributed by atoms with Crippen molar-refractivity contribution in [1.29, 1.82) is 0 Å². The molecule has 0 unspecified atom stereocenters. The summed E-state index contributed by atoms with van der Waals surface area (Å²) in [4.78, 5) is 28.8. The van der Waals surface area contributed by atoms with Crippen LogP contribution in [0, 0.1) is 13.8 Å². The molecular weight excluding hydrogens is 498 g/mol. The van der Waals surface area contributed by atoms with E-state index >= 15 is 0 Å². The van der Waals surface area contributed by atoms with Gasteiger partial charge in [-0.1, -0.05) is 41.7 Å². The van der Waals surface area contributed by atoms with Crippen molar-refractivity contribution >= 4 is 54.8 Å². The van der Waals surface area contributed by atoms with Crippen molar-refractivity contribution < 1.29 is 4.79 Å². The minimum Gasteiger partial charge on any atom is -0.351 e. The molecule has 1 fully saturated rings. The smallest absolute Gasteiger partial charge is 0.252 e. The first-order valence-corrected chi connectivity index (χ1v) is 14.3. The average molecular weight is 528 g/mol. The van der Waals surface area contributed by atoms with Crippen LogP contribution in [-0.2, 0) is 0 Å². The molecule has 0 saturated carbocycles. The average Bonchev–Trinajstić information content (AvgIpc) is 3.59.